The smallest absolute Gasteiger partial charge is 0.326 e. The molecule has 0 saturated heterocycles. The zero-order chi connectivity index (χ0) is 18.0. The van der Waals surface area contributed by atoms with Crippen molar-refractivity contribution in [2.45, 2.75) is 44.6 Å². The Kier molecular flexibility index (Phi) is 5.03. The average Bonchev–Trinajstić information content (AvgIpc) is 3.20. The number of thiophene rings is 1. The number of nitrogens with one attached hydrogen (secondary N) is 1. The maximum atomic E-state index is 12.8. The lowest BCUT2D eigenvalue weighted by molar-refractivity contribution is -0.149. The molecule has 134 valence electrons. The molecule has 0 radical (unpaired) electrons. The number of urea groups is 1. The van der Waals surface area contributed by atoms with Crippen molar-refractivity contribution < 1.29 is 18.0 Å². The fraction of sp³-hybridized carbons (Fsp3) is 0.389. The molecule has 1 heterocycles. The van der Waals surface area contributed by atoms with Crippen LogP contribution in [0.4, 0.5) is 18.0 Å². The summed E-state index contributed by atoms with van der Waals surface area (Å²) in [5.74, 6) is 0. The first-order valence-corrected chi connectivity index (χ1v) is 8.95. The van der Waals surface area contributed by atoms with E-state index in [0.717, 1.165) is 22.9 Å². The van der Waals surface area contributed by atoms with E-state index in [9.17, 15) is 18.0 Å². The molecule has 1 aromatic heterocycles. The van der Waals surface area contributed by atoms with E-state index in [1.807, 2.05) is 41.8 Å². The zero-order valence-electron chi connectivity index (χ0n) is 13.7. The van der Waals surface area contributed by atoms with Gasteiger partial charge in [0.05, 0.1) is 6.54 Å². The molecule has 25 heavy (non-hydrogen) atoms. The Morgan fingerprint density at radius 1 is 1.24 bits per heavy atom. The molecular weight excluding hydrogens is 349 g/mol. The quantitative estimate of drug-likeness (QED) is 0.854. The van der Waals surface area contributed by atoms with Gasteiger partial charge in [0.2, 0.25) is 0 Å². The third kappa shape index (κ3) is 4.15. The lowest BCUT2D eigenvalue weighted by atomic mass is 10.1. The van der Waals surface area contributed by atoms with E-state index in [2.05, 4.69) is 5.32 Å². The standard InChI is InChI=1S/C18H19F3N2OS/c1-12(18(19,20)21)22-17(24)23(11-16-7-4-8-25-16)15-9-13-5-2-3-6-14(13)10-15/h2-8,12,15H,9-11H2,1H3,(H,22,24)/t12-/m1/s1. The van der Waals surface area contributed by atoms with Gasteiger partial charge in [-0.2, -0.15) is 13.2 Å². The molecule has 1 N–H and O–H groups in total. The summed E-state index contributed by atoms with van der Waals surface area (Å²) in [5.41, 5.74) is 2.31. The van der Waals surface area contributed by atoms with Crippen molar-refractivity contribution >= 4 is 17.4 Å². The van der Waals surface area contributed by atoms with E-state index >= 15 is 0 Å². The average molecular weight is 368 g/mol. The first-order chi connectivity index (χ1) is 11.8. The molecular formula is C18H19F3N2OS. The number of halogens is 3. The number of fused-ring (bicyclic) bond motifs is 1. The second-order valence-electron chi connectivity index (χ2n) is 6.25. The third-order valence-electron chi connectivity index (χ3n) is 4.47. The number of hydrogen-bond donors (Lipinski definition) is 1. The Hall–Kier alpha value is -2.02. The summed E-state index contributed by atoms with van der Waals surface area (Å²) in [6.07, 6.45) is -3.13. The molecule has 2 aromatic rings. The Labute approximate surface area is 148 Å². The molecule has 3 rings (SSSR count). The van der Waals surface area contributed by atoms with Gasteiger partial charge < -0.3 is 10.2 Å². The van der Waals surface area contributed by atoms with Gasteiger partial charge in [0.15, 0.2) is 0 Å². The van der Waals surface area contributed by atoms with Crippen LogP contribution in [-0.4, -0.2) is 29.2 Å². The minimum absolute atomic E-state index is 0.139. The highest BCUT2D eigenvalue weighted by molar-refractivity contribution is 7.09. The minimum atomic E-state index is -4.46. The maximum Gasteiger partial charge on any atom is 0.408 e. The van der Waals surface area contributed by atoms with Gasteiger partial charge in [0.1, 0.15) is 6.04 Å². The highest BCUT2D eigenvalue weighted by Crippen LogP contribution is 2.28. The summed E-state index contributed by atoms with van der Waals surface area (Å²) < 4.78 is 38.4. The van der Waals surface area contributed by atoms with E-state index in [0.29, 0.717) is 19.4 Å². The van der Waals surface area contributed by atoms with Crippen molar-refractivity contribution in [3.05, 3.63) is 57.8 Å². The highest BCUT2D eigenvalue weighted by Gasteiger charge is 2.39. The first kappa shape index (κ1) is 17.8. The number of benzene rings is 1. The molecule has 0 bridgehead atoms. The fourth-order valence-corrected chi connectivity index (χ4v) is 3.75. The van der Waals surface area contributed by atoms with Crippen LogP contribution >= 0.6 is 11.3 Å². The van der Waals surface area contributed by atoms with Crippen LogP contribution < -0.4 is 5.32 Å². The highest BCUT2D eigenvalue weighted by atomic mass is 32.1. The topological polar surface area (TPSA) is 32.3 Å². The predicted octanol–water partition coefficient (Wildman–Crippen LogP) is 4.38. The van der Waals surface area contributed by atoms with E-state index in [4.69, 9.17) is 0 Å². The van der Waals surface area contributed by atoms with Crippen LogP contribution in [0.5, 0.6) is 0 Å². The molecule has 3 nitrogen and oxygen atoms in total. The molecule has 0 aliphatic heterocycles. The second kappa shape index (κ2) is 7.07. The lowest BCUT2D eigenvalue weighted by Crippen LogP contribution is -2.52. The number of nitrogens with zero attached hydrogens (tertiary/aromatic N) is 1. The molecule has 2 amide bonds. The Morgan fingerprint density at radius 2 is 1.88 bits per heavy atom. The van der Waals surface area contributed by atoms with Gasteiger partial charge in [-0.3, -0.25) is 0 Å². The summed E-state index contributed by atoms with van der Waals surface area (Å²) >= 11 is 1.49. The largest absolute Gasteiger partial charge is 0.408 e. The molecule has 0 fully saturated rings. The van der Waals surface area contributed by atoms with E-state index in [1.165, 1.54) is 16.2 Å². The number of carbonyl (C=O) groups is 1. The minimum Gasteiger partial charge on any atom is -0.326 e. The third-order valence-corrected chi connectivity index (χ3v) is 5.33. The zero-order valence-corrected chi connectivity index (χ0v) is 14.5. The molecule has 1 aliphatic rings. The summed E-state index contributed by atoms with van der Waals surface area (Å²) in [6.45, 7) is 1.28. The summed E-state index contributed by atoms with van der Waals surface area (Å²) in [4.78, 5) is 15.1. The van der Waals surface area contributed by atoms with Gasteiger partial charge in [-0.15, -0.1) is 11.3 Å². The van der Waals surface area contributed by atoms with Crippen molar-refractivity contribution in [3.8, 4) is 0 Å². The molecule has 1 atom stereocenters. The number of carbonyl (C=O) groups excluding carboxylic acids is 1. The van der Waals surface area contributed by atoms with Crippen LogP contribution in [0, 0.1) is 0 Å². The van der Waals surface area contributed by atoms with E-state index in [1.54, 1.807) is 0 Å². The Balaban J connectivity index is 1.77. The number of hydrogen-bond acceptors (Lipinski definition) is 2. The molecule has 7 heteroatoms. The van der Waals surface area contributed by atoms with Crippen LogP contribution in [0.15, 0.2) is 41.8 Å². The number of rotatable bonds is 4. The molecule has 0 spiro atoms. The van der Waals surface area contributed by atoms with Crippen LogP contribution in [0.3, 0.4) is 0 Å². The Bertz CT molecular complexity index is 705. The van der Waals surface area contributed by atoms with Gasteiger partial charge in [-0.05, 0) is 42.3 Å². The van der Waals surface area contributed by atoms with Gasteiger partial charge in [0, 0.05) is 10.9 Å². The number of alkyl halides is 3. The monoisotopic (exact) mass is 368 g/mol. The first-order valence-electron chi connectivity index (χ1n) is 8.07. The molecule has 0 saturated carbocycles. The van der Waals surface area contributed by atoms with Crippen LogP contribution in [0.2, 0.25) is 0 Å². The summed E-state index contributed by atoms with van der Waals surface area (Å²) in [6, 6.07) is 8.97. The molecule has 1 aromatic carbocycles. The van der Waals surface area contributed by atoms with Gasteiger partial charge in [-0.1, -0.05) is 30.3 Å². The van der Waals surface area contributed by atoms with Crippen molar-refractivity contribution in [1.29, 1.82) is 0 Å². The van der Waals surface area contributed by atoms with E-state index in [-0.39, 0.29) is 6.04 Å². The molecule has 1 aliphatic carbocycles. The van der Waals surface area contributed by atoms with Crippen molar-refractivity contribution in [3.63, 3.8) is 0 Å². The molecule has 0 unspecified atom stereocenters. The van der Waals surface area contributed by atoms with Crippen LogP contribution in [0.25, 0.3) is 0 Å². The van der Waals surface area contributed by atoms with Crippen molar-refractivity contribution in [2.24, 2.45) is 0 Å². The fourth-order valence-electron chi connectivity index (χ4n) is 3.04. The van der Waals surface area contributed by atoms with E-state index < -0.39 is 18.2 Å². The van der Waals surface area contributed by atoms with Gasteiger partial charge >= 0.3 is 12.2 Å². The normalized spacial score (nSPS) is 15.7. The Morgan fingerprint density at radius 3 is 2.40 bits per heavy atom. The van der Waals surface area contributed by atoms with Gasteiger partial charge in [-0.25, -0.2) is 4.79 Å². The van der Waals surface area contributed by atoms with Gasteiger partial charge in [0.25, 0.3) is 0 Å². The lowest BCUT2D eigenvalue weighted by Gasteiger charge is -2.30. The maximum absolute atomic E-state index is 12.8. The number of amides is 2. The second-order valence-corrected chi connectivity index (χ2v) is 7.28. The van der Waals surface area contributed by atoms with Crippen LogP contribution in [-0.2, 0) is 19.4 Å². The predicted molar refractivity (Wildman–Crippen MR) is 91.5 cm³/mol. The van der Waals surface area contributed by atoms with Crippen molar-refractivity contribution in [2.75, 3.05) is 0 Å². The van der Waals surface area contributed by atoms with Crippen molar-refractivity contribution in [1.82, 2.24) is 10.2 Å². The summed E-state index contributed by atoms with van der Waals surface area (Å²) in [5, 5.41) is 4.00. The summed E-state index contributed by atoms with van der Waals surface area (Å²) in [7, 11) is 0. The SMILES string of the molecule is C[C@@H](NC(=O)N(Cc1cccs1)C1Cc2ccccc2C1)C(F)(F)F. The van der Waals surface area contributed by atoms with Crippen LogP contribution in [0.1, 0.15) is 22.9 Å².